The lowest BCUT2D eigenvalue weighted by molar-refractivity contribution is -0.142. The number of methoxy groups -OCH3 is 1. The zero-order chi connectivity index (χ0) is 16.1. The van der Waals surface area contributed by atoms with E-state index in [0.29, 0.717) is 11.3 Å². The van der Waals surface area contributed by atoms with Gasteiger partial charge in [-0.3, -0.25) is 9.78 Å². The highest BCUT2D eigenvalue weighted by molar-refractivity contribution is 5.91. The second kappa shape index (κ2) is 6.85. The average Bonchev–Trinajstić information content (AvgIpc) is 2.51. The smallest absolute Gasteiger partial charge is 0.337 e. The van der Waals surface area contributed by atoms with Gasteiger partial charge in [0.1, 0.15) is 6.61 Å². The molecule has 2 aromatic rings. The molecule has 0 aliphatic rings. The normalized spacial score (nSPS) is 10.1. The average molecular weight is 299 g/mol. The minimum Gasteiger partial charge on any atom is -0.465 e. The molecule has 5 heteroatoms. The molecule has 0 radical (unpaired) electrons. The molecule has 2 rings (SSSR count). The van der Waals surface area contributed by atoms with Crippen molar-refractivity contribution < 1.29 is 19.1 Å². The minimum atomic E-state index is -0.382. The maximum atomic E-state index is 11.6. The molecular formula is C17H17NO4. The number of benzene rings is 1. The van der Waals surface area contributed by atoms with Crippen molar-refractivity contribution in [3.05, 3.63) is 53.3 Å². The zero-order valence-electron chi connectivity index (χ0n) is 12.8. The largest absolute Gasteiger partial charge is 0.465 e. The predicted octanol–water partition coefficient (Wildman–Crippen LogP) is 2.91. The molecule has 0 saturated heterocycles. The highest BCUT2D eigenvalue weighted by Crippen LogP contribution is 2.22. The first-order valence-electron chi connectivity index (χ1n) is 6.79. The SMILES string of the molecule is COC(=O)c1cccc(-c2cc(C)nc(COC(C)=O)c2)c1. The lowest BCUT2D eigenvalue weighted by Crippen LogP contribution is -2.03. The summed E-state index contributed by atoms with van der Waals surface area (Å²) in [7, 11) is 1.35. The molecule has 0 aliphatic heterocycles. The number of nitrogens with zero attached hydrogens (tertiary/aromatic N) is 1. The third kappa shape index (κ3) is 3.91. The van der Waals surface area contributed by atoms with Crippen molar-refractivity contribution in [1.82, 2.24) is 4.98 Å². The summed E-state index contributed by atoms with van der Waals surface area (Å²) in [6.45, 7) is 3.35. The van der Waals surface area contributed by atoms with Crippen molar-refractivity contribution in [2.24, 2.45) is 0 Å². The number of pyridine rings is 1. The molecule has 0 aliphatic carbocycles. The Balaban J connectivity index is 2.35. The van der Waals surface area contributed by atoms with E-state index in [1.807, 2.05) is 25.1 Å². The molecule has 1 aromatic carbocycles. The van der Waals surface area contributed by atoms with Crippen LogP contribution in [0.15, 0.2) is 36.4 Å². The number of hydrogen-bond acceptors (Lipinski definition) is 5. The Morgan fingerprint density at radius 3 is 2.59 bits per heavy atom. The maximum absolute atomic E-state index is 11.6. The molecule has 0 N–H and O–H groups in total. The standard InChI is InChI=1S/C17H17NO4/c1-11-7-15(9-16(18-11)10-22-12(2)19)13-5-4-6-14(8-13)17(20)21-3/h4-9H,10H2,1-3H3. The van der Waals surface area contributed by atoms with Gasteiger partial charge in [-0.25, -0.2) is 4.79 Å². The van der Waals surface area contributed by atoms with E-state index in [9.17, 15) is 9.59 Å². The molecule has 114 valence electrons. The predicted molar refractivity (Wildman–Crippen MR) is 81.2 cm³/mol. The molecule has 1 heterocycles. The molecule has 0 unspecified atom stereocenters. The molecule has 0 fully saturated rings. The molecule has 0 amide bonds. The van der Waals surface area contributed by atoms with Crippen LogP contribution in [0.25, 0.3) is 11.1 Å². The van der Waals surface area contributed by atoms with Crippen LogP contribution in [0.5, 0.6) is 0 Å². The summed E-state index contributed by atoms with van der Waals surface area (Å²) in [5, 5.41) is 0. The van der Waals surface area contributed by atoms with Crippen molar-refractivity contribution >= 4 is 11.9 Å². The third-order valence-corrected chi connectivity index (χ3v) is 3.05. The summed E-state index contributed by atoms with van der Waals surface area (Å²) in [5.74, 6) is -0.731. The summed E-state index contributed by atoms with van der Waals surface area (Å²) < 4.78 is 9.71. The van der Waals surface area contributed by atoms with E-state index in [2.05, 4.69) is 4.98 Å². The van der Waals surface area contributed by atoms with E-state index in [-0.39, 0.29) is 18.5 Å². The summed E-state index contributed by atoms with van der Waals surface area (Å²) in [6.07, 6.45) is 0. The number of esters is 2. The first kappa shape index (κ1) is 15.7. The Hall–Kier alpha value is -2.69. The van der Waals surface area contributed by atoms with Crippen molar-refractivity contribution in [2.45, 2.75) is 20.5 Å². The summed E-state index contributed by atoms with van der Waals surface area (Å²) in [5.41, 5.74) is 3.73. The highest BCUT2D eigenvalue weighted by atomic mass is 16.5. The Bertz CT molecular complexity index is 710. The zero-order valence-corrected chi connectivity index (χ0v) is 12.8. The molecular weight excluding hydrogens is 282 g/mol. The Morgan fingerprint density at radius 2 is 1.91 bits per heavy atom. The van der Waals surface area contributed by atoms with Gasteiger partial charge in [0.2, 0.25) is 0 Å². The van der Waals surface area contributed by atoms with E-state index in [0.717, 1.165) is 16.8 Å². The Labute approximate surface area is 128 Å². The van der Waals surface area contributed by atoms with Gasteiger partial charge in [-0.2, -0.15) is 0 Å². The van der Waals surface area contributed by atoms with Crippen molar-refractivity contribution in [3.63, 3.8) is 0 Å². The van der Waals surface area contributed by atoms with Gasteiger partial charge >= 0.3 is 11.9 Å². The van der Waals surface area contributed by atoms with Crippen molar-refractivity contribution in [1.29, 1.82) is 0 Å². The summed E-state index contributed by atoms with van der Waals surface area (Å²) in [6, 6.07) is 10.9. The molecule has 0 saturated carbocycles. The second-order valence-electron chi connectivity index (χ2n) is 4.84. The Morgan fingerprint density at radius 1 is 1.14 bits per heavy atom. The summed E-state index contributed by atoms with van der Waals surface area (Å²) in [4.78, 5) is 26.9. The topological polar surface area (TPSA) is 65.5 Å². The van der Waals surface area contributed by atoms with Crippen LogP contribution >= 0.6 is 0 Å². The van der Waals surface area contributed by atoms with Gasteiger partial charge in [0.05, 0.1) is 18.4 Å². The molecule has 0 spiro atoms. The Kier molecular flexibility index (Phi) is 4.88. The fourth-order valence-electron chi connectivity index (χ4n) is 2.10. The van der Waals surface area contributed by atoms with Crippen molar-refractivity contribution in [2.75, 3.05) is 7.11 Å². The molecule has 22 heavy (non-hydrogen) atoms. The van der Waals surface area contributed by atoms with Crippen LogP contribution in [0, 0.1) is 6.92 Å². The number of aromatic nitrogens is 1. The monoisotopic (exact) mass is 299 g/mol. The number of carbonyl (C=O) groups excluding carboxylic acids is 2. The number of hydrogen-bond donors (Lipinski definition) is 0. The first-order valence-corrected chi connectivity index (χ1v) is 6.79. The van der Waals surface area contributed by atoms with E-state index < -0.39 is 0 Å². The third-order valence-electron chi connectivity index (χ3n) is 3.05. The minimum absolute atomic E-state index is 0.126. The molecule has 5 nitrogen and oxygen atoms in total. The maximum Gasteiger partial charge on any atom is 0.337 e. The number of aryl methyl sites for hydroxylation is 1. The van der Waals surface area contributed by atoms with Crippen LogP contribution < -0.4 is 0 Å². The van der Waals surface area contributed by atoms with Gasteiger partial charge in [0, 0.05) is 12.6 Å². The van der Waals surface area contributed by atoms with Crippen LogP contribution in [0.1, 0.15) is 28.7 Å². The highest BCUT2D eigenvalue weighted by Gasteiger charge is 2.09. The fourth-order valence-corrected chi connectivity index (χ4v) is 2.10. The number of ether oxygens (including phenoxy) is 2. The van der Waals surface area contributed by atoms with Crippen LogP contribution in [0.2, 0.25) is 0 Å². The van der Waals surface area contributed by atoms with E-state index in [1.54, 1.807) is 18.2 Å². The quantitative estimate of drug-likeness (QED) is 0.812. The molecule has 1 aromatic heterocycles. The van der Waals surface area contributed by atoms with Gasteiger partial charge in [-0.1, -0.05) is 12.1 Å². The number of rotatable bonds is 4. The lowest BCUT2D eigenvalue weighted by Gasteiger charge is -2.08. The molecule has 0 atom stereocenters. The van der Waals surface area contributed by atoms with Gasteiger partial charge in [0.25, 0.3) is 0 Å². The van der Waals surface area contributed by atoms with E-state index in [4.69, 9.17) is 9.47 Å². The van der Waals surface area contributed by atoms with E-state index >= 15 is 0 Å². The summed E-state index contributed by atoms with van der Waals surface area (Å²) >= 11 is 0. The fraction of sp³-hybridized carbons (Fsp3) is 0.235. The van der Waals surface area contributed by atoms with Crippen LogP contribution in [-0.2, 0) is 20.9 Å². The van der Waals surface area contributed by atoms with Crippen molar-refractivity contribution in [3.8, 4) is 11.1 Å². The van der Waals surface area contributed by atoms with Gasteiger partial charge < -0.3 is 9.47 Å². The second-order valence-corrected chi connectivity index (χ2v) is 4.84. The molecule has 0 bridgehead atoms. The number of carbonyl (C=O) groups is 2. The first-order chi connectivity index (χ1) is 10.5. The van der Waals surface area contributed by atoms with Crippen LogP contribution in [0.4, 0.5) is 0 Å². The van der Waals surface area contributed by atoms with Crippen LogP contribution in [0.3, 0.4) is 0 Å². The van der Waals surface area contributed by atoms with E-state index in [1.165, 1.54) is 14.0 Å². The lowest BCUT2D eigenvalue weighted by atomic mass is 10.0. The van der Waals surface area contributed by atoms with Gasteiger partial charge in [-0.05, 0) is 42.3 Å². The van der Waals surface area contributed by atoms with Gasteiger partial charge in [-0.15, -0.1) is 0 Å². The van der Waals surface area contributed by atoms with Crippen LogP contribution in [-0.4, -0.2) is 24.0 Å². The van der Waals surface area contributed by atoms with Gasteiger partial charge in [0.15, 0.2) is 0 Å².